The number of hydrogen-bond donors (Lipinski definition) is 2. The highest BCUT2D eigenvalue weighted by Gasteiger charge is 2.35. The summed E-state index contributed by atoms with van der Waals surface area (Å²) in [6, 6.07) is 11.6. The summed E-state index contributed by atoms with van der Waals surface area (Å²) in [6.07, 6.45) is 6.16. The van der Waals surface area contributed by atoms with E-state index in [1.165, 1.54) is 24.9 Å². The molecule has 3 unspecified atom stereocenters. The molecule has 2 fully saturated rings. The fourth-order valence-electron chi connectivity index (χ4n) is 3.63. The summed E-state index contributed by atoms with van der Waals surface area (Å²) in [5, 5.41) is 0. The number of hydrogen-bond acceptors (Lipinski definition) is 4. The Morgan fingerprint density at radius 1 is 1.33 bits per heavy atom. The minimum atomic E-state index is 0.236. The molecule has 4 heteroatoms. The van der Waals surface area contributed by atoms with Gasteiger partial charge in [0, 0.05) is 18.6 Å². The van der Waals surface area contributed by atoms with E-state index in [9.17, 15) is 0 Å². The lowest BCUT2D eigenvalue weighted by Gasteiger charge is -2.38. The van der Waals surface area contributed by atoms with E-state index in [1.54, 1.807) is 0 Å². The maximum atomic E-state index is 6.06. The quantitative estimate of drug-likeness (QED) is 0.618. The Labute approximate surface area is 127 Å². The van der Waals surface area contributed by atoms with Crippen LogP contribution in [0, 0.1) is 0 Å². The minimum Gasteiger partial charge on any atom is -0.374 e. The first kappa shape index (κ1) is 15.0. The largest absolute Gasteiger partial charge is 0.374 e. The Bertz CT molecular complexity index is 425. The summed E-state index contributed by atoms with van der Waals surface area (Å²) in [7, 11) is 0. The van der Waals surface area contributed by atoms with Gasteiger partial charge in [0.1, 0.15) is 0 Å². The van der Waals surface area contributed by atoms with Crippen molar-refractivity contribution in [3.63, 3.8) is 0 Å². The molecule has 3 atom stereocenters. The molecule has 0 aliphatic carbocycles. The third-order valence-corrected chi connectivity index (χ3v) is 4.90. The van der Waals surface area contributed by atoms with Gasteiger partial charge in [0.25, 0.3) is 0 Å². The van der Waals surface area contributed by atoms with E-state index in [1.807, 2.05) is 0 Å². The average Bonchev–Trinajstić information content (AvgIpc) is 3.00. The molecule has 2 saturated heterocycles. The number of benzene rings is 1. The van der Waals surface area contributed by atoms with Crippen molar-refractivity contribution in [2.75, 3.05) is 19.7 Å². The summed E-state index contributed by atoms with van der Waals surface area (Å²) in [5.41, 5.74) is 4.39. The molecule has 1 aromatic rings. The van der Waals surface area contributed by atoms with Gasteiger partial charge in [-0.3, -0.25) is 16.2 Å². The van der Waals surface area contributed by atoms with Crippen molar-refractivity contribution in [2.45, 2.75) is 50.3 Å². The van der Waals surface area contributed by atoms with Gasteiger partial charge in [0.05, 0.1) is 12.7 Å². The van der Waals surface area contributed by atoms with Crippen molar-refractivity contribution in [3.05, 3.63) is 35.9 Å². The molecule has 0 bridgehead atoms. The van der Waals surface area contributed by atoms with Crippen LogP contribution >= 0.6 is 0 Å². The second kappa shape index (κ2) is 7.36. The predicted molar refractivity (Wildman–Crippen MR) is 84.8 cm³/mol. The summed E-state index contributed by atoms with van der Waals surface area (Å²) in [4.78, 5) is 2.58. The van der Waals surface area contributed by atoms with Crippen LogP contribution in [0.15, 0.2) is 30.3 Å². The van der Waals surface area contributed by atoms with E-state index in [-0.39, 0.29) is 12.1 Å². The summed E-state index contributed by atoms with van der Waals surface area (Å²) >= 11 is 0. The number of nitrogens with one attached hydrogen (secondary N) is 1. The minimum absolute atomic E-state index is 0.236. The van der Waals surface area contributed by atoms with Crippen molar-refractivity contribution < 1.29 is 4.74 Å². The van der Waals surface area contributed by atoms with Crippen molar-refractivity contribution in [1.29, 1.82) is 0 Å². The Morgan fingerprint density at radius 3 is 3.00 bits per heavy atom. The first-order chi connectivity index (χ1) is 10.4. The van der Waals surface area contributed by atoms with Gasteiger partial charge >= 0.3 is 0 Å². The third-order valence-electron chi connectivity index (χ3n) is 4.90. The highest BCUT2D eigenvalue weighted by Crippen LogP contribution is 2.24. The van der Waals surface area contributed by atoms with Crippen molar-refractivity contribution in [3.8, 4) is 0 Å². The molecule has 0 amide bonds. The molecular formula is C17H27N3O. The van der Waals surface area contributed by atoms with Crippen molar-refractivity contribution >= 4 is 0 Å². The van der Waals surface area contributed by atoms with Gasteiger partial charge in [-0.2, -0.15) is 0 Å². The molecule has 2 heterocycles. The van der Waals surface area contributed by atoms with Gasteiger partial charge in [0.2, 0.25) is 0 Å². The molecule has 2 aliphatic heterocycles. The van der Waals surface area contributed by atoms with Crippen LogP contribution in [-0.2, 0) is 11.2 Å². The predicted octanol–water partition coefficient (Wildman–Crippen LogP) is 1.70. The van der Waals surface area contributed by atoms with Gasteiger partial charge in [-0.25, -0.2) is 0 Å². The Morgan fingerprint density at radius 2 is 2.19 bits per heavy atom. The molecule has 4 nitrogen and oxygen atoms in total. The molecule has 0 aromatic heterocycles. The fourth-order valence-corrected chi connectivity index (χ4v) is 3.63. The zero-order valence-electron chi connectivity index (χ0n) is 12.7. The molecule has 3 rings (SSSR count). The summed E-state index contributed by atoms with van der Waals surface area (Å²) < 4.78 is 6.06. The normalized spacial score (nSPS) is 27.5. The molecule has 1 aromatic carbocycles. The SMILES string of the molecule is NNC(CCCc1ccccc1)C1CN2CCCC2CO1. The van der Waals surface area contributed by atoms with Crippen LogP contribution in [0.4, 0.5) is 0 Å². The zero-order valence-corrected chi connectivity index (χ0v) is 12.7. The first-order valence-corrected chi connectivity index (χ1v) is 8.22. The van der Waals surface area contributed by atoms with Crippen molar-refractivity contribution in [2.24, 2.45) is 5.84 Å². The van der Waals surface area contributed by atoms with Crippen LogP contribution in [0.2, 0.25) is 0 Å². The number of hydrazine groups is 1. The third kappa shape index (κ3) is 3.83. The van der Waals surface area contributed by atoms with Crippen LogP contribution in [-0.4, -0.2) is 42.8 Å². The Balaban J connectivity index is 1.46. The number of morpholine rings is 1. The number of fused-ring (bicyclic) bond motifs is 1. The molecule has 3 N–H and O–H groups in total. The first-order valence-electron chi connectivity index (χ1n) is 8.22. The topological polar surface area (TPSA) is 50.5 Å². The van der Waals surface area contributed by atoms with E-state index in [0.717, 1.165) is 32.4 Å². The second-order valence-corrected chi connectivity index (χ2v) is 6.31. The molecule has 0 saturated carbocycles. The van der Waals surface area contributed by atoms with Crippen LogP contribution < -0.4 is 11.3 Å². The van der Waals surface area contributed by atoms with E-state index in [0.29, 0.717) is 6.04 Å². The lowest BCUT2D eigenvalue weighted by molar-refractivity contribution is -0.0658. The monoisotopic (exact) mass is 289 g/mol. The fraction of sp³-hybridized carbons (Fsp3) is 0.647. The number of rotatable bonds is 6. The smallest absolute Gasteiger partial charge is 0.0868 e. The molecule has 21 heavy (non-hydrogen) atoms. The number of ether oxygens (including phenoxy) is 1. The van der Waals surface area contributed by atoms with Gasteiger partial charge < -0.3 is 4.74 Å². The zero-order chi connectivity index (χ0) is 14.5. The number of nitrogens with zero attached hydrogens (tertiary/aromatic N) is 1. The molecule has 2 aliphatic rings. The van der Waals surface area contributed by atoms with E-state index in [2.05, 4.69) is 40.7 Å². The molecule has 116 valence electrons. The standard InChI is InChI=1S/C17H27N3O/c18-19-16(10-4-8-14-6-2-1-3-7-14)17-12-20-11-5-9-15(20)13-21-17/h1-3,6-7,15-17,19H,4-5,8-13,18H2. The maximum absolute atomic E-state index is 6.06. The van der Waals surface area contributed by atoms with Crippen LogP contribution in [0.5, 0.6) is 0 Å². The lowest BCUT2D eigenvalue weighted by atomic mass is 10.00. The van der Waals surface area contributed by atoms with Gasteiger partial charge in [0.15, 0.2) is 0 Å². The second-order valence-electron chi connectivity index (χ2n) is 6.31. The highest BCUT2D eigenvalue weighted by atomic mass is 16.5. The van der Waals surface area contributed by atoms with Crippen LogP contribution in [0.3, 0.4) is 0 Å². The van der Waals surface area contributed by atoms with E-state index < -0.39 is 0 Å². The summed E-state index contributed by atoms with van der Waals surface area (Å²) in [6.45, 7) is 3.14. The van der Waals surface area contributed by atoms with E-state index in [4.69, 9.17) is 10.6 Å². The van der Waals surface area contributed by atoms with Crippen LogP contribution in [0.1, 0.15) is 31.2 Å². The van der Waals surface area contributed by atoms with Gasteiger partial charge in [-0.05, 0) is 44.2 Å². The Kier molecular flexibility index (Phi) is 5.25. The number of aryl methyl sites for hydroxylation is 1. The molecule has 0 spiro atoms. The Hall–Kier alpha value is -0.940. The summed E-state index contributed by atoms with van der Waals surface area (Å²) in [5.74, 6) is 5.77. The number of nitrogens with two attached hydrogens (primary N) is 1. The van der Waals surface area contributed by atoms with E-state index >= 15 is 0 Å². The maximum Gasteiger partial charge on any atom is 0.0868 e. The van der Waals surface area contributed by atoms with Gasteiger partial charge in [-0.1, -0.05) is 30.3 Å². The van der Waals surface area contributed by atoms with Crippen molar-refractivity contribution in [1.82, 2.24) is 10.3 Å². The molecule has 0 radical (unpaired) electrons. The van der Waals surface area contributed by atoms with Gasteiger partial charge in [-0.15, -0.1) is 0 Å². The lowest BCUT2D eigenvalue weighted by Crippen LogP contribution is -2.55. The van der Waals surface area contributed by atoms with Crippen LogP contribution in [0.25, 0.3) is 0 Å². The molecular weight excluding hydrogens is 262 g/mol. The average molecular weight is 289 g/mol. The highest BCUT2D eigenvalue weighted by molar-refractivity contribution is 5.14.